The van der Waals surface area contributed by atoms with E-state index in [2.05, 4.69) is 50.2 Å². The molecule has 0 atom stereocenters. The highest BCUT2D eigenvalue weighted by Gasteiger charge is 2.49. The number of fused-ring (bicyclic) bond motifs is 3. The van der Waals surface area contributed by atoms with Crippen molar-refractivity contribution in [1.82, 2.24) is 0 Å². The standard InChI is InChI=1S/C29H39F/c1-3-5-6-7-16-28-17-20-29(21-18-28,22-19-28)26-11-8-10-25(27(26)30)24-14-12-23(9-4-2)13-15-24/h8,10-15H,3-7,9,16-22H2,1-2H3. The summed E-state index contributed by atoms with van der Waals surface area (Å²) in [6.07, 6.45) is 16.5. The fourth-order valence-electron chi connectivity index (χ4n) is 6.27. The van der Waals surface area contributed by atoms with Crippen LogP contribution in [-0.2, 0) is 11.8 Å². The molecule has 0 aliphatic heterocycles. The van der Waals surface area contributed by atoms with Crippen LogP contribution in [0.15, 0.2) is 42.5 Å². The SMILES string of the molecule is CCCCCCC12CCC(c3cccc(-c4ccc(CCC)cc4)c3F)(CC1)CC2. The topological polar surface area (TPSA) is 0 Å². The third kappa shape index (κ3) is 4.23. The Morgan fingerprint density at radius 1 is 0.767 bits per heavy atom. The molecule has 0 radical (unpaired) electrons. The summed E-state index contributed by atoms with van der Waals surface area (Å²) < 4.78 is 15.8. The predicted octanol–water partition coefficient (Wildman–Crippen LogP) is 9.01. The van der Waals surface area contributed by atoms with Crippen molar-refractivity contribution in [2.75, 3.05) is 0 Å². The van der Waals surface area contributed by atoms with Gasteiger partial charge in [0.25, 0.3) is 0 Å². The lowest BCUT2D eigenvalue weighted by molar-refractivity contribution is 0.0288. The lowest BCUT2D eigenvalue weighted by Gasteiger charge is -2.54. The van der Waals surface area contributed by atoms with Gasteiger partial charge in [-0.15, -0.1) is 0 Å². The van der Waals surface area contributed by atoms with E-state index >= 15 is 4.39 Å². The zero-order valence-corrected chi connectivity index (χ0v) is 19.1. The molecule has 2 aromatic rings. The molecule has 2 bridgehead atoms. The van der Waals surface area contributed by atoms with Crippen molar-refractivity contribution in [3.8, 4) is 11.1 Å². The highest BCUT2D eigenvalue weighted by Crippen LogP contribution is 2.60. The Balaban J connectivity index is 1.51. The number of benzene rings is 2. The largest absolute Gasteiger partial charge is 0.206 e. The van der Waals surface area contributed by atoms with Crippen LogP contribution >= 0.6 is 0 Å². The Morgan fingerprint density at radius 3 is 2.10 bits per heavy atom. The Kier molecular flexibility index (Phi) is 6.66. The highest BCUT2D eigenvalue weighted by atomic mass is 19.1. The third-order valence-corrected chi connectivity index (χ3v) is 8.34. The zero-order chi connectivity index (χ0) is 21.0. The van der Waals surface area contributed by atoms with E-state index in [1.54, 1.807) is 0 Å². The minimum absolute atomic E-state index is 0.0399. The maximum absolute atomic E-state index is 15.8. The van der Waals surface area contributed by atoms with E-state index in [1.165, 1.54) is 76.2 Å². The maximum Gasteiger partial charge on any atom is 0.134 e. The van der Waals surface area contributed by atoms with Gasteiger partial charge in [0.05, 0.1) is 0 Å². The molecule has 1 heteroatoms. The first kappa shape index (κ1) is 21.6. The van der Waals surface area contributed by atoms with Gasteiger partial charge in [-0.25, -0.2) is 4.39 Å². The van der Waals surface area contributed by atoms with E-state index < -0.39 is 0 Å². The molecule has 5 rings (SSSR count). The lowest BCUT2D eigenvalue weighted by atomic mass is 9.50. The minimum atomic E-state index is 0.0399. The molecule has 3 aliphatic carbocycles. The molecule has 0 unspecified atom stereocenters. The van der Waals surface area contributed by atoms with Crippen molar-refractivity contribution in [1.29, 1.82) is 0 Å². The first-order chi connectivity index (χ1) is 14.6. The predicted molar refractivity (Wildman–Crippen MR) is 126 cm³/mol. The quantitative estimate of drug-likeness (QED) is 0.364. The Bertz CT molecular complexity index is 807. The lowest BCUT2D eigenvalue weighted by Crippen LogP contribution is -2.44. The molecular formula is C29H39F. The average molecular weight is 407 g/mol. The van der Waals surface area contributed by atoms with E-state index in [0.717, 1.165) is 29.5 Å². The Labute approximate surface area is 183 Å². The van der Waals surface area contributed by atoms with Crippen LogP contribution in [0.5, 0.6) is 0 Å². The van der Waals surface area contributed by atoms with Gasteiger partial charge in [-0.05, 0) is 78.9 Å². The van der Waals surface area contributed by atoms with Crippen molar-refractivity contribution in [2.24, 2.45) is 5.41 Å². The van der Waals surface area contributed by atoms with E-state index in [0.29, 0.717) is 5.41 Å². The minimum Gasteiger partial charge on any atom is -0.206 e. The number of hydrogen-bond donors (Lipinski definition) is 0. The number of unbranched alkanes of at least 4 members (excludes halogenated alkanes) is 3. The van der Waals surface area contributed by atoms with Crippen LogP contribution < -0.4 is 0 Å². The first-order valence-electron chi connectivity index (χ1n) is 12.5. The summed E-state index contributed by atoms with van der Waals surface area (Å²) in [7, 11) is 0. The monoisotopic (exact) mass is 406 g/mol. The summed E-state index contributed by atoms with van der Waals surface area (Å²) in [5.41, 5.74) is 4.78. The van der Waals surface area contributed by atoms with Crippen LogP contribution in [0.3, 0.4) is 0 Å². The summed E-state index contributed by atoms with van der Waals surface area (Å²) in [4.78, 5) is 0. The van der Waals surface area contributed by atoms with Gasteiger partial charge in [-0.1, -0.05) is 88.4 Å². The second kappa shape index (κ2) is 9.25. The number of halogens is 1. The van der Waals surface area contributed by atoms with Crippen LogP contribution in [0.2, 0.25) is 0 Å². The first-order valence-corrected chi connectivity index (χ1v) is 12.5. The molecule has 0 heterocycles. The van der Waals surface area contributed by atoms with Crippen molar-refractivity contribution < 1.29 is 4.39 Å². The molecule has 0 saturated heterocycles. The molecule has 3 saturated carbocycles. The van der Waals surface area contributed by atoms with E-state index in [4.69, 9.17) is 0 Å². The van der Waals surface area contributed by atoms with Crippen molar-refractivity contribution in [3.05, 3.63) is 59.4 Å². The highest BCUT2D eigenvalue weighted by molar-refractivity contribution is 5.66. The van der Waals surface area contributed by atoms with Gasteiger partial charge in [0.15, 0.2) is 0 Å². The molecule has 30 heavy (non-hydrogen) atoms. The molecule has 0 aromatic heterocycles. The van der Waals surface area contributed by atoms with Crippen LogP contribution in [0.4, 0.5) is 4.39 Å². The van der Waals surface area contributed by atoms with Gasteiger partial charge in [0.2, 0.25) is 0 Å². The van der Waals surface area contributed by atoms with Gasteiger partial charge in [0.1, 0.15) is 5.82 Å². The molecule has 0 nitrogen and oxygen atoms in total. The van der Waals surface area contributed by atoms with Crippen LogP contribution in [-0.4, -0.2) is 0 Å². The molecule has 0 N–H and O–H groups in total. The molecule has 162 valence electrons. The molecular weight excluding hydrogens is 367 g/mol. The molecule has 0 spiro atoms. The second-order valence-electron chi connectivity index (χ2n) is 10.2. The smallest absolute Gasteiger partial charge is 0.134 e. The van der Waals surface area contributed by atoms with Crippen LogP contribution in [0.1, 0.15) is 102 Å². The zero-order valence-electron chi connectivity index (χ0n) is 19.1. The number of hydrogen-bond acceptors (Lipinski definition) is 0. The Morgan fingerprint density at radius 2 is 1.47 bits per heavy atom. The van der Waals surface area contributed by atoms with Crippen LogP contribution in [0, 0.1) is 11.2 Å². The van der Waals surface area contributed by atoms with Gasteiger partial charge >= 0.3 is 0 Å². The third-order valence-electron chi connectivity index (χ3n) is 8.34. The van der Waals surface area contributed by atoms with Crippen molar-refractivity contribution >= 4 is 0 Å². The summed E-state index contributed by atoms with van der Waals surface area (Å²) in [5.74, 6) is 0.0399. The molecule has 0 amide bonds. The molecule has 2 aromatic carbocycles. The Hall–Kier alpha value is -1.63. The number of rotatable bonds is 9. The average Bonchev–Trinajstić information content (AvgIpc) is 2.79. The van der Waals surface area contributed by atoms with Crippen molar-refractivity contribution in [3.63, 3.8) is 0 Å². The molecule has 3 fully saturated rings. The summed E-state index contributed by atoms with van der Waals surface area (Å²) in [6.45, 7) is 4.49. The van der Waals surface area contributed by atoms with E-state index in [9.17, 15) is 0 Å². The fraction of sp³-hybridized carbons (Fsp3) is 0.586. The number of aryl methyl sites for hydroxylation is 1. The summed E-state index contributed by atoms with van der Waals surface area (Å²) in [6, 6.07) is 14.7. The van der Waals surface area contributed by atoms with Gasteiger partial charge in [0, 0.05) is 5.56 Å². The van der Waals surface area contributed by atoms with Gasteiger partial charge in [-0.3, -0.25) is 0 Å². The van der Waals surface area contributed by atoms with Crippen molar-refractivity contribution in [2.45, 2.75) is 103 Å². The summed E-state index contributed by atoms with van der Waals surface area (Å²) in [5, 5.41) is 0. The van der Waals surface area contributed by atoms with Crippen LogP contribution in [0.25, 0.3) is 11.1 Å². The molecule has 3 aliphatic rings. The fourth-order valence-corrected chi connectivity index (χ4v) is 6.27. The van der Waals surface area contributed by atoms with E-state index in [-0.39, 0.29) is 11.2 Å². The van der Waals surface area contributed by atoms with Gasteiger partial charge in [-0.2, -0.15) is 0 Å². The second-order valence-corrected chi connectivity index (χ2v) is 10.2. The van der Waals surface area contributed by atoms with Gasteiger partial charge < -0.3 is 0 Å². The maximum atomic E-state index is 15.8. The normalized spacial score (nSPS) is 25.6. The van der Waals surface area contributed by atoms with E-state index in [1.807, 2.05) is 6.07 Å². The summed E-state index contributed by atoms with van der Waals surface area (Å²) >= 11 is 0.